The van der Waals surface area contributed by atoms with Crippen LogP contribution in [0.15, 0.2) is 29.2 Å². The molecule has 1 unspecified atom stereocenters. The van der Waals surface area contributed by atoms with Crippen molar-refractivity contribution in [2.75, 3.05) is 13.1 Å². The van der Waals surface area contributed by atoms with Crippen LogP contribution in [0, 0.1) is 17.2 Å². The van der Waals surface area contributed by atoms with Crippen LogP contribution in [0.5, 0.6) is 0 Å². The number of rotatable bonds is 6. The lowest BCUT2D eigenvalue weighted by Crippen LogP contribution is -2.32. The first-order valence-corrected chi connectivity index (χ1v) is 10.5. The number of hydrogen-bond donors (Lipinski definition) is 2. The molecule has 8 nitrogen and oxygen atoms in total. The molecular formula is C18H24N6O2S. The first-order chi connectivity index (χ1) is 12.9. The number of sulfonamides is 1. The second-order valence-electron chi connectivity index (χ2n) is 7.07. The Morgan fingerprint density at radius 1 is 1.33 bits per heavy atom. The maximum Gasteiger partial charge on any atom is 0.241 e. The Hall–Kier alpha value is -2.28. The van der Waals surface area contributed by atoms with Gasteiger partial charge in [0.25, 0.3) is 0 Å². The Balaban J connectivity index is 1.94. The summed E-state index contributed by atoms with van der Waals surface area (Å²) in [4.78, 5) is 0.0765. The Bertz CT molecular complexity index is 945. The van der Waals surface area contributed by atoms with Gasteiger partial charge in [0, 0.05) is 26.1 Å². The second-order valence-corrected chi connectivity index (χ2v) is 8.78. The van der Waals surface area contributed by atoms with Crippen LogP contribution in [-0.4, -0.2) is 36.3 Å². The normalized spacial score (nSPS) is 15.8. The lowest BCUT2D eigenvalue weighted by atomic mass is 10.0. The molecule has 0 saturated carbocycles. The molecule has 27 heavy (non-hydrogen) atoms. The van der Waals surface area contributed by atoms with Crippen molar-refractivity contribution in [3.63, 3.8) is 0 Å². The first-order valence-electron chi connectivity index (χ1n) is 9.06. The summed E-state index contributed by atoms with van der Waals surface area (Å²) in [5.41, 5.74) is 0.306. The van der Waals surface area contributed by atoms with Crippen LogP contribution in [0.25, 0.3) is 0 Å². The van der Waals surface area contributed by atoms with Gasteiger partial charge in [0.2, 0.25) is 10.0 Å². The second kappa shape index (κ2) is 8.17. The van der Waals surface area contributed by atoms with E-state index in [2.05, 4.69) is 20.2 Å². The van der Waals surface area contributed by atoms with Crippen LogP contribution in [0.3, 0.4) is 0 Å². The fourth-order valence-electron chi connectivity index (χ4n) is 3.22. The van der Waals surface area contributed by atoms with Gasteiger partial charge in [0.15, 0.2) is 5.82 Å². The molecule has 0 aliphatic carbocycles. The summed E-state index contributed by atoms with van der Waals surface area (Å²) in [5, 5.41) is 20.9. The Morgan fingerprint density at radius 2 is 2.15 bits per heavy atom. The lowest BCUT2D eigenvalue weighted by Gasteiger charge is -2.21. The van der Waals surface area contributed by atoms with Gasteiger partial charge in [-0.15, -0.1) is 10.2 Å². The molecule has 0 radical (unpaired) electrons. The topological polar surface area (TPSA) is 113 Å². The van der Waals surface area contributed by atoms with Gasteiger partial charge in [-0.2, -0.15) is 5.26 Å². The maximum absolute atomic E-state index is 12.9. The third-order valence-corrected chi connectivity index (χ3v) is 5.95. The van der Waals surface area contributed by atoms with Gasteiger partial charge in [0.05, 0.1) is 22.6 Å². The van der Waals surface area contributed by atoms with Crippen LogP contribution in [0.1, 0.15) is 43.5 Å². The highest BCUT2D eigenvalue weighted by atomic mass is 32.2. The van der Waals surface area contributed by atoms with Crippen molar-refractivity contribution in [3.8, 4) is 6.07 Å². The summed E-state index contributed by atoms with van der Waals surface area (Å²) in [6.07, 6.45) is 1.36. The molecule has 0 spiro atoms. The lowest BCUT2D eigenvalue weighted by molar-refractivity contribution is 0.439. The van der Waals surface area contributed by atoms with Gasteiger partial charge >= 0.3 is 0 Å². The van der Waals surface area contributed by atoms with Crippen molar-refractivity contribution >= 4 is 10.0 Å². The first kappa shape index (κ1) is 19.5. The quantitative estimate of drug-likeness (QED) is 0.773. The van der Waals surface area contributed by atoms with E-state index in [0.717, 1.165) is 25.3 Å². The molecule has 1 aliphatic rings. The van der Waals surface area contributed by atoms with E-state index < -0.39 is 16.1 Å². The third-order valence-electron chi connectivity index (χ3n) is 4.48. The summed E-state index contributed by atoms with van der Waals surface area (Å²) in [5.74, 6) is 1.77. The number of fused-ring (bicyclic) bond motifs is 1. The molecule has 0 saturated heterocycles. The van der Waals surface area contributed by atoms with Crippen molar-refractivity contribution in [3.05, 3.63) is 41.5 Å². The van der Waals surface area contributed by atoms with E-state index in [4.69, 9.17) is 5.26 Å². The molecular weight excluding hydrogens is 364 g/mol. The minimum absolute atomic E-state index is 0.0765. The fourth-order valence-corrected chi connectivity index (χ4v) is 4.47. The van der Waals surface area contributed by atoms with Crippen LogP contribution in [-0.2, 0) is 23.0 Å². The molecule has 2 aromatic rings. The van der Waals surface area contributed by atoms with E-state index in [9.17, 15) is 8.42 Å². The van der Waals surface area contributed by atoms with Crippen molar-refractivity contribution < 1.29 is 8.42 Å². The number of nitrogens with one attached hydrogen (secondary N) is 2. The number of nitrogens with zero attached hydrogens (tertiary/aromatic N) is 4. The van der Waals surface area contributed by atoms with Crippen molar-refractivity contribution in [2.45, 2.75) is 44.2 Å². The molecule has 1 aromatic heterocycles. The standard InChI is InChI=1S/C18H24N6O2S/c1-13(2)10-16(18-22-21-17-6-7-20-8-9-24(17)18)23-27(25,26)15-5-3-4-14(11-15)12-19/h3-5,11,13,16,20,23H,6-10H2,1-2H3. The third kappa shape index (κ3) is 4.53. The summed E-state index contributed by atoms with van der Waals surface area (Å²) in [7, 11) is -3.80. The average Bonchev–Trinajstić information content (AvgIpc) is 2.89. The summed E-state index contributed by atoms with van der Waals surface area (Å²) in [6.45, 7) is 6.42. The number of benzene rings is 1. The molecule has 0 bridgehead atoms. The fraction of sp³-hybridized carbons (Fsp3) is 0.500. The Morgan fingerprint density at radius 3 is 2.89 bits per heavy atom. The van der Waals surface area contributed by atoms with Gasteiger partial charge in [-0.05, 0) is 30.5 Å². The minimum atomic E-state index is -3.80. The van der Waals surface area contributed by atoms with Crippen LogP contribution in [0.4, 0.5) is 0 Å². The minimum Gasteiger partial charge on any atom is -0.315 e. The molecule has 2 heterocycles. The van der Waals surface area contributed by atoms with Gasteiger partial charge < -0.3 is 9.88 Å². The van der Waals surface area contributed by atoms with Gasteiger partial charge in [0.1, 0.15) is 5.82 Å². The van der Waals surface area contributed by atoms with Crippen LogP contribution >= 0.6 is 0 Å². The molecule has 144 valence electrons. The average molecular weight is 388 g/mol. The molecule has 3 rings (SSSR count). The number of nitriles is 1. The summed E-state index contributed by atoms with van der Waals surface area (Å²) in [6, 6.07) is 7.50. The van der Waals surface area contributed by atoms with E-state index in [0.29, 0.717) is 24.4 Å². The zero-order chi connectivity index (χ0) is 19.4. The van der Waals surface area contributed by atoms with Crippen LogP contribution < -0.4 is 10.0 Å². The molecule has 9 heteroatoms. The maximum atomic E-state index is 12.9. The molecule has 1 atom stereocenters. The van der Waals surface area contributed by atoms with Gasteiger partial charge in [-0.3, -0.25) is 0 Å². The van der Waals surface area contributed by atoms with Gasteiger partial charge in [-0.1, -0.05) is 19.9 Å². The zero-order valence-corrected chi connectivity index (χ0v) is 16.3. The van der Waals surface area contributed by atoms with Gasteiger partial charge in [-0.25, -0.2) is 13.1 Å². The highest BCUT2D eigenvalue weighted by Crippen LogP contribution is 2.24. The van der Waals surface area contributed by atoms with E-state index in [-0.39, 0.29) is 10.8 Å². The monoisotopic (exact) mass is 388 g/mol. The van der Waals surface area contributed by atoms with E-state index in [1.807, 2.05) is 24.5 Å². The highest BCUT2D eigenvalue weighted by Gasteiger charge is 2.28. The predicted molar refractivity (Wildman–Crippen MR) is 100 cm³/mol. The molecule has 1 aliphatic heterocycles. The van der Waals surface area contributed by atoms with Crippen LogP contribution in [0.2, 0.25) is 0 Å². The smallest absolute Gasteiger partial charge is 0.241 e. The van der Waals surface area contributed by atoms with Crippen molar-refractivity contribution in [1.29, 1.82) is 5.26 Å². The summed E-state index contributed by atoms with van der Waals surface area (Å²) < 4.78 is 30.7. The molecule has 1 aromatic carbocycles. The van der Waals surface area contributed by atoms with E-state index >= 15 is 0 Å². The number of aromatic nitrogens is 3. The van der Waals surface area contributed by atoms with Crippen molar-refractivity contribution in [2.24, 2.45) is 5.92 Å². The molecule has 0 fully saturated rings. The molecule has 2 N–H and O–H groups in total. The van der Waals surface area contributed by atoms with Crippen molar-refractivity contribution in [1.82, 2.24) is 24.8 Å². The highest BCUT2D eigenvalue weighted by molar-refractivity contribution is 7.89. The van der Waals surface area contributed by atoms with E-state index in [1.54, 1.807) is 12.1 Å². The van der Waals surface area contributed by atoms with E-state index in [1.165, 1.54) is 12.1 Å². The zero-order valence-electron chi connectivity index (χ0n) is 15.5. The Labute approximate surface area is 159 Å². The Kier molecular flexibility index (Phi) is 5.89. The summed E-state index contributed by atoms with van der Waals surface area (Å²) >= 11 is 0. The largest absolute Gasteiger partial charge is 0.315 e. The SMILES string of the molecule is CC(C)CC(NS(=O)(=O)c1cccc(C#N)c1)c1nnc2n1CCNCC2. The predicted octanol–water partition coefficient (Wildman–Crippen LogP) is 1.36. The molecule has 0 amide bonds. The number of hydrogen-bond acceptors (Lipinski definition) is 6.